The average Bonchev–Trinajstić information content (AvgIpc) is 2.81. The lowest BCUT2D eigenvalue weighted by molar-refractivity contribution is -0.188. The SMILES string of the molecule is CSCCCON(Cc1cc(C(=O)NOCCO)c(Nc2ccc(I)cc2F)c(F)c1F)C(C)=O. The number of hydrogen-bond acceptors (Lipinski definition) is 7. The second-order valence-electron chi connectivity index (χ2n) is 7.07. The van der Waals surface area contributed by atoms with Gasteiger partial charge in [-0.15, -0.1) is 0 Å². The number of aliphatic hydroxyl groups is 1. The molecule has 0 saturated heterocycles. The fraction of sp³-hybridized carbons (Fsp3) is 0.364. The van der Waals surface area contributed by atoms with Crippen molar-refractivity contribution in [2.45, 2.75) is 19.9 Å². The summed E-state index contributed by atoms with van der Waals surface area (Å²) in [5.74, 6) is -4.30. The minimum absolute atomic E-state index is 0.179. The maximum absolute atomic E-state index is 15.2. The van der Waals surface area contributed by atoms with Gasteiger partial charge in [-0.25, -0.2) is 23.7 Å². The van der Waals surface area contributed by atoms with Crippen molar-refractivity contribution in [1.29, 1.82) is 0 Å². The van der Waals surface area contributed by atoms with E-state index in [2.05, 4.69) is 5.32 Å². The van der Waals surface area contributed by atoms with E-state index in [-0.39, 0.29) is 24.5 Å². The van der Waals surface area contributed by atoms with Crippen molar-refractivity contribution in [2.24, 2.45) is 0 Å². The lowest BCUT2D eigenvalue weighted by atomic mass is 10.1. The zero-order valence-electron chi connectivity index (χ0n) is 19.0. The van der Waals surface area contributed by atoms with E-state index in [9.17, 15) is 14.0 Å². The number of carbonyl (C=O) groups excluding carboxylic acids is 2. The van der Waals surface area contributed by atoms with Gasteiger partial charge in [-0.2, -0.15) is 11.8 Å². The molecule has 0 fully saturated rings. The molecular formula is C22H25F3IN3O5S. The Hall–Kier alpha value is -2.07. The lowest BCUT2D eigenvalue weighted by Gasteiger charge is -2.22. The van der Waals surface area contributed by atoms with E-state index in [0.717, 1.165) is 16.9 Å². The van der Waals surface area contributed by atoms with Crippen LogP contribution in [0.3, 0.4) is 0 Å². The Kier molecular flexibility index (Phi) is 12.1. The lowest BCUT2D eigenvalue weighted by Crippen LogP contribution is -2.30. The zero-order valence-corrected chi connectivity index (χ0v) is 22.0. The molecule has 0 bridgehead atoms. The van der Waals surface area contributed by atoms with Crippen molar-refractivity contribution in [2.75, 3.05) is 37.1 Å². The standard InChI is InChI=1S/C22H25F3IN3O5S/c1-13(31)29(34-7-3-9-35-2)12-14-10-16(22(32)28-33-8-6-30)21(20(25)19(14)24)27-18-5-4-15(26)11-17(18)23/h4-5,10-11,27,30H,3,6-9,12H2,1-2H3,(H,28,32). The minimum Gasteiger partial charge on any atom is -0.394 e. The smallest absolute Gasteiger partial charge is 0.277 e. The van der Waals surface area contributed by atoms with Crippen LogP contribution in [-0.2, 0) is 21.0 Å². The van der Waals surface area contributed by atoms with E-state index in [1.54, 1.807) is 11.8 Å². The normalized spacial score (nSPS) is 10.8. The van der Waals surface area contributed by atoms with Crippen LogP contribution in [-0.4, -0.2) is 53.8 Å². The minimum atomic E-state index is -1.46. The summed E-state index contributed by atoms with van der Waals surface area (Å²) >= 11 is 3.48. The maximum atomic E-state index is 15.2. The molecule has 3 N–H and O–H groups in total. The van der Waals surface area contributed by atoms with E-state index >= 15 is 8.78 Å². The van der Waals surface area contributed by atoms with Crippen LogP contribution in [0.5, 0.6) is 0 Å². The van der Waals surface area contributed by atoms with Gasteiger partial charge in [-0.1, -0.05) is 0 Å². The second-order valence-corrected chi connectivity index (χ2v) is 9.31. The Labute approximate surface area is 218 Å². The number of hydroxylamine groups is 3. The molecule has 192 valence electrons. The molecule has 0 atom stereocenters. The number of hydrogen-bond donors (Lipinski definition) is 3. The van der Waals surface area contributed by atoms with Crippen LogP contribution < -0.4 is 10.8 Å². The molecule has 35 heavy (non-hydrogen) atoms. The number of rotatable bonds is 13. The number of amides is 2. The molecule has 13 heteroatoms. The van der Waals surface area contributed by atoms with Crippen LogP contribution in [0.15, 0.2) is 24.3 Å². The number of carbonyl (C=O) groups is 2. The van der Waals surface area contributed by atoms with E-state index in [0.29, 0.717) is 9.99 Å². The number of nitrogens with zero attached hydrogens (tertiary/aromatic N) is 1. The van der Waals surface area contributed by atoms with Gasteiger partial charge in [0, 0.05) is 16.1 Å². The van der Waals surface area contributed by atoms with Crippen LogP contribution in [0.4, 0.5) is 24.5 Å². The Morgan fingerprint density at radius 1 is 1.17 bits per heavy atom. The van der Waals surface area contributed by atoms with Crippen LogP contribution in [0.1, 0.15) is 29.3 Å². The topological polar surface area (TPSA) is 100 Å². The molecule has 0 heterocycles. The van der Waals surface area contributed by atoms with Crippen molar-refractivity contribution in [3.8, 4) is 0 Å². The predicted octanol–water partition coefficient (Wildman–Crippen LogP) is 4.14. The summed E-state index contributed by atoms with van der Waals surface area (Å²) < 4.78 is 45.2. The van der Waals surface area contributed by atoms with E-state index in [4.69, 9.17) is 14.8 Å². The van der Waals surface area contributed by atoms with Gasteiger partial charge in [0.05, 0.1) is 43.3 Å². The van der Waals surface area contributed by atoms with Gasteiger partial charge < -0.3 is 10.4 Å². The second kappa shape index (κ2) is 14.5. The van der Waals surface area contributed by atoms with Gasteiger partial charge in [-0.3, -0.25) is 19.3 Å². The molecule has 2 aromatic carbocycles. The molecule has 0 radical (unpaired) electrons. The zero-order chi connectivity index (χ0) is 26.0. The first kappa shape index (κ1) is 29.2. The maximum Gasteiger partial charge on any atom is 0.277 e. The summed E-state index contributed by atoms with van der Waals surface area (Å²) in [7, 11) is 0. The Balaban J connectivity index is 2.45. The number of anilines is 2. The van der Waals surface area contributed by atoms with E-state index < -0.39 is 53.7 Å². The number of aliphatic hydroxyl groups excluding tert-OH is 1. The molecular weight excluding hydrogens is 602 g/mol. The van der Waals surface area contributed by atoms with Crippen molar-refractivity contribution in [1.82, 2.24) is 10.5 Å². The third kappa shape index (κ3) is 8.52. The van der Waals surface area contributed by atoms with Crippen LogP contribution in [0.2, 0.25) is 0 Å². The highest BCUT2D eigenvalue weighted by Crippen LogP contribution is 2.31. The Bertz CT molecular complexity index is 1050. The van der Waals surface area contributed by atoms with Crippen LogP contribution in [0, 0.1) is 21.0 Å². The molecule has 2 rings (SSSR count). The first-order chi connectivity index (χ1) is 16.7. The van der Waals surface area contributed by atoms with Gasteiger partial charge in [-0.05, 0) is 65.3 Å². The van der Waals surface area contributed by atoms with Gasteiger partial charge in [0.25, 0.3) is 5.91 Å². The number of benzene rings is 2. The van der Waals surface area contributed by atoms with Gasteiger partial charge in [0.2, 0.25) is 5.91 Å². The quantitative estimate of drug-likeness (QED) is 0.175. The molecule has 0 aliphatic rings. The molecule has 2 amide bonds. The molecule has 8 nitrogen and oxygen atoms in total. The predicted molar refractivity (Wildman–Crippen MR) is 134 cm³/mol. The van der Waals surface area contributed by atoms with Gasteiger partial charge in [0.15, 0.2) is 11.6 Å². The highest BCUT2D eigenvalue weighted by Gasteiger charge is 2.25. The fourth-order valence-electron chi connectivity index (χ4n) is 2.82. The van der Waals surface area contributed by atoms with Crippen molar-refractivity contribution < 1.29 is 37.5 Å². The summed E-state index contributed by atoms with van der Waals surface area (Å²) in [5.41, 5.74) is 0.428. The van der Waals surface area contributed by atoms with E-state index in [1.165, 1.54) is 25.1 Å². The highest BCUT2D eigenvalue weighted by atomic mass is 127. The summed E-state index contributed by atoms with van der Waals surface area (Å²) in [6, 6.07) is 5.04. The van der Waals surface area contributed by atoms with Crippen LogP contribution >= 0.6 is 34.4 Å². The van der Waals surface area contributed by atoms with Crippen molar-refractivity contribution >= 4 is 57.5 Å². The molecule has 0 aliphatic carbocycles. The number of nitrogens with one attached hydrogen (secondary N) is 2. The molecule has 0 aliphatic heterocycles. The summed E-state index contributed by atoms with van der Waals surface area (Å²) in [6.07, 6.45) is 2.54. The average molecular weight is 627 g/mol. The van der Waals surface area contributed by atoms with Gasteiger partial charge in [0.1, 0.15) is 5.82 Å². The molecule has 0 unspecified atom stereocenters. The first-order valence-corrected chi connectivity index (χ1v) is 12.8. The summed E-state index contributed by atoms with van der Waals surface area (Å²) in [5, 5.41) is 12.1. The third-order valence-electron chi connectivity index (χ3n) is 4.48. The largest absolute Gasteiger partial charge is 0.394 e. The van der Waals surface area contributed by atoms with E-state index in [1.807, 2.05) is 34.3 Å². The summed E-state index contributed by atoms with van der Waals surface area (Å²) in [6.45, 7) is 0.253. The van der Waals surface area contributed by atoms with Crippen LogP contribution in [0.25, 0.3) is 0 Å². The number of thioether (sulfide) groups is 1. The first-order valence-electron chi connectivity index (χ1n) is 10.4. The fourth-order valence-corrected chi connectivity index (χ4v) is 3.68. The summed E-state index contributed by atoms with van der Waals surface area (Å²) in [4.78, 5) is 34.9. The van der Waals surface area contributed by atoms with Crippen molar-refractivity contribution in [3.63, 3.8) is 0 Å². The van der Waals surface area contributed by atoms with Crippen molar-refractivity contribution in [3.05, 3.63) is 56.4 Å². The Morgan fingerprint density at radius 3 is 2.54 bits per heavy atom. The third-order valence-corrected chi connectivity index (χ3v) is 5.85. The monoisotopic (exact) mass is 627 g/mol. The molecule has 0 spiro atoms. The van der Waals surface area contributed by atoms with Gasteiger partial charge >= 0.3 is 0 Å². The molecule has 2 aromatic rings. The number of halogens is 4. The molecule has 0 aromatic heterocycles. The Morgan fingerprint density at radius 2 is 1.91 bits per heavy atom. The highest BCUT2D eigenvalue weighted by molar-refractivity contribution is 14.1. The molecule has 0 saturated carbocycles.